The number of hydrogen-bond acceptors (Lipinski definition) is 4. The predicted octanol–water partition coefficient (Wildman–Crippen LogP) is 2.70. The molecule has 0 aromatic heterocycles. The summed E-state index contributed by atoms with van der Waals surface area (Å²) in [5, 5.41) is 0. The SMILES string of the molecule is O=S(=O)(NCc1ccccc1CN1CCCC1)c1ccc2c(c1)CCO2. The van der Waals surface area contributed by atoms with Crippen LogP contribution in [0.5, 0.6) is 5.75 Å². The van der Waals surface area contributed by atoms with Crippen LogP contribution in [0.1, 0.15) is 29.5 Å². The minimum Gasteiger partial charge on any atom is -0.493 e. The van der Waals surface area contributed by atoms with Gasteiger partial charge in [0.25, 0.3) is 0 Å². The number of nitrogens with zero attached hydrogens (tertiary/aromatic N) is 1. The van der Waals surface area contributed by atoms with Gasteiger partial charge in [-0.15, -0.1) is 0 Å². The van der Waals surface area contributed by atoms with Crippen molar-refractivity contribution in [3.05, 3.63) is 59.2 Å². The Hall–Kier alpha value is -1.89. The lowest BCUT2D eigenvalue weighted by Gasteiger charge is -2.18. The standard InChI is InChI=1S/C20H24N2O3S/c23-26(24,19-7-8-20-16(13-19)9-12-25-20)21-14-17-5-1-2-6-18(17)15-22-10-3-4-11-22/h1-2,5-8,13,21H,3-4,9-12,14-15H2. The van der Waals surface area contributed by atoms with E-state index in [-0.39, 0.29) is 0 Å². The van der Waals surface area contributed by atoms with Gasteiger partial charge in [-0.2, -0.15) is 0 Å². The Morgan fingerprint density at radius 1 is 1.04 bits per heavy atom. The molecule has 0 atom stereocenters. The first-order chi connectivity index (χ1) is 12.6. The molecule has 5 nitrogen and oxygen atoms in total. The lowest BCUT2D eigenvalue weighted by Crippen LogP contribution is -2.25. The first kappa shape index (κ1) is 17.5. The zero-order valence-electron chi connectivity index (χ0n) is 14.8. The number of ether oxygens (including phenoxy) is 1. The fourth-order valence-corrected chi connectivity index (χ4v) is 4.71. The maximum atomic E-state index is 12.7. The molecule has 2 aliphatic heterocycles. The monoisotopic (exact) mass is 372 g/mol. The summed E-state index contributed by atoms with van der Waals surface area (Å²) in [6, 6.07) is 13.2. The summed E-state index contributed by atoms with van der Waals surface area (Å²) in [4.78, 5) is 2.73. The van der Waals surface area contributed by atoms with Crippen LogP contribution in [0, 0.1) is 0 Å². The highest BCUT2D eigenvalue weighted by Gasteiger charge is 2.20. The Morgan fingerprint density at radius 3 is 2.62 bits per heavy atom. The molecule has 0 bridgehead atoms. The normalized spacial score (nSPS) is 17.2. The molecule has 0 spiro atoms. The second-order valence-corrected chi connectivity index (χ2v) is 8.71. The molecule has 0 aliphatic carbocycles. The molecular formula is C20H24N2O3S. The molecule has 0 saturated carbocycles. The van der Waals surface area contributed by atoms with Gasteiger partial charge in [0, 0.05) is 19.5 Å². The highest BCUT2D eigenvalue weighted by atomic mass is 32.2. The van der Waals surface area contributed by atoms with Crippen molar-refractivity contribution in [2.24, 2.45) is 0 Å². The Labute approximate surface area is 155 Å². The molecule has 2 aromatic carbocycles. The van der Waals surface area contributed by atoms with Crippen LogP contribution in [0.2, 0.25) is 0 Å². The second-order valence-electron chi connectivity index (χ2n) is 6.94. The molecule has 6 heteroatoms. The lowest BCUT2D eigenvalue weighted by molar-refractivity contribution is 0.330. The van der Waals surface area contributed by atoms with Crippen molar-refractivity contribution in [1.29, 1.82) is 0 Å². The molecule has 0 radical (unpaired) electrons. The van der Waals surface area contributed by atoms with Crippen molar-refractivity contribution >= 4 is 10.0 Å². The van der Waals surface area contributed by atoms with Gasteiger partial charge in [-0.1, -0.05) is 24.3 Å². The molecule has 26 heavy (non-hydrogen) atoms. The van der Waals surface area contributed by atoms with Crippen molar-refractivity contribution in [3.8, 4) is 5.75 Å². The average Bonchev–Trinajstić information content (AvgIpc) is 3.32. The molecule has 2 aromatic rings. The summed E-state index contributed by atoms with van der Waals surface area (Å²) in [5.74, 6) is 0.792. The van der Waals surface area contributed by atoms with Crippen molar-refractivity contribution < 1.29 is 13.2 Å². The number of sulfonamides is 1. The molecule has 4 rings (SSSR count). The third-order valence-electron chi connectivity index (χ3n) is 5.13. The maximum absolute atomic E-state index is 12.7. The highest BCUT2D eigenvalue weighted by molar-refractivity contribution is 7.89. The maximum Gasteiger partial charge on any atom is 0.240 e. The smallest absolute Gasteiger partial charge is 0.240 e. The van der Waals surface area contributed by atoms with Crippen molar-refractivity contribution in [2.75, 3.05) is 19.7 Å². The van der Waals surface area contributed by atoms with Crippen LogP contribution in [0.25, 0.3) is 0 Å². The fraction of sp³-hybridized carbons (Fsp3) is 0.400. The van der Waals surface area contributed by atoms with Gasteiger partial charge in [0.2, 0.25) is 10.0 Å². The lowest BCUT2D eigenvalue weighted by atomic mass is 10.1. The van der Waals surface area contributed by atoms with Gasteiger partial charge in [0.1, 0.15) is 5.75 Å². The quantitative estimate of drug-likeness (QED) is 0.847. The van der Waals surface area contributed by atoms with Gasteiger partial charge in [-0.3, -0.25) is 4.90 Å². The third kappa shape index (κ3) is 3.77. The van der Waals surface area contributed by atoms with Crippen LogP contribution in [0.3, 0.4) is 0 Å². The van der Waals surface area contributed by atoms with E-state index >= 15 is 0 Å². The summed E-state index contributed by atoms with van der Waals surface area (Å²) in [7, 11) is -3.54. The summed E-state index contributed by atoms with van der Waals surface area (Å²) in [6.45, 7) is 4.05. The van der Waals surface area contributed by atoms with Gasteiger partial charge in [-0.05, 0) is 60.8 Å². The number of rotatable bonds is 6. The van der Waals surface area contributed by atoms with Crippen molar-refractivity contribution in [2.45, 2.75) is 37.2 Å². The Kier molecular flexibility index (Phi) is 4.98. The van der Waals surface area contributed by atoms with Crippen LogP contribution in [-0.4, -0.2) is 33.0 Å². The van der Waals surface area contributed by atoms with Gasteiger partial charge in [0.15, 0.2) is 0 Å². The summed E-state index contributed by atoms with van der Waals surface area (Å²) in [6.07, 6.45) is 3.25. The van der Waals surface area contributed by atoms with E-state index in [1.165, 1.54) is 18.4 Å². The largest absolute Gasteiger partial charge is 0.493 e. The van der Waals surface area contributed by atoms with E-state index in [2.05, 4.69) is 15.7 Å². The van der Waals surface area contributed by atoms with Crippen molar-refractivity contribution in [1.82, 2.24) is 9.62 Å². The molecule has 0 unspecified atom stereocenters. The van der Waals surface area contributed by atoms with Crippen molar-refractivity contribution in [3.63, 3.8) is 0 Å². The van der Waals surface area contributed by atoms with Crippen LogP contribution in [-0.2, 0) is 29.5 Å². The van der Waals surface area contributed by atoms with E-state index in [1.54, 1.807) is 18.2 Å². The number of hydrogen-bond donors (Lipinski definition) is 1. The van der Waals surface area contributed by atoms with Crippen LogP contribution in [0.4, 0.5) is 0 Å². The number of benzene rings is 2. The van der Waals surface area contributed by atoms with E-state index in [9.17, 15) is 8.42 Å². The topological polar surface area (TPSA) is 58.6 Å². The number of fused-ring (bicyclic) bond motifs is 1. The van der Waals surface area contributed by atoms with Gasteiger partial charge in [-0.25, -0.2) is 13.1 Å². The van der Waals surface area contributed by atoms with Crippen LogP contribution in [0.15, 0.2) is 47.4 Å². The molecule has 0 amide bonds. The van der Waals surface area contributed by atoms with E-state index < -0.39 is 10.0 Å². The average molecular weight is 372 g/mol. The predicted molar refractivity (Wildman–Crippen MR) is 101 cm³/mol. The van der Waals surface area contributed by atoms with Gasteiger partial charge >= 0.3 is 0 Å². The Morgan fingerprint density at radius 2 is 1.81 bits per heavy atom. The highest BCUT2D eigenvalue weighted by Crippen LogP contribution is 2.27. The number of nitrogens with one attached hydrogen (secondary N) is 1. The second kappa shape index (κ2) is 7.39. The molecule has 1 N–H and O–H groups in total. The van der Waals surface area contributed by atoms with Crippen LogP contribution < -0.4 is 9.46 Å². The Bertz CT molecular complexity index is 890. The minimum absolute atomic E-state index is 0.304. The van der Waals surface area contributed by atoms with Gasteiger partial charge < -0.3 is 4.74 Å². The Balaban J connectivity index is 1.48. The first-order valence-corrected chi connectivity index (χ1v) is 10.6. The molecule has 1 saturated heterocycles. The van der Waals surface area contributed by atoms with E-state index in [4.69, 9.17) is 4.74 Å². The molecule has 2 heterocycles. The molecule has 1 fully saturated rings. The van der Waals surface area contributed by atoms with E-state index in [0.717, 1.165) is 42.9 Å². The summed E-state index contributed by atoms with van der Waals surface area (Å²) in [5.41, 5.74) is 3.19. The zero-order chi connectivity index (χ0) is 18.0. The summed E-state index contributed by atoms with van der Waals surface area (Å²) < 4.78 is 33.6. The number of likely N-dealkylation sites (tertiary alicyclic amines) is 1. The van der Waals surface area contributed by atoms with Crippen LogP contribution >= 0.6 is 0 Å². The minimum atomic E-state index is -3.54. The summed E-state index contributed by atoms with van der Waals surface area (Å²) >= 11 is 0. The van der Waals surface area contributed by atoms with E-state index in [0.29, 0.717) is 18.0 Å². The molecule has 138 valence electrons. The molecular weight excluding hydrogens is 348 g/mol. The fourth-order valence-electron chi connectivity index (χ4n) is 3.65. The third-order valence-corrected chi connectivity index (χ3v) is 6.53. The zero-order valence-corrected chi connectivity index (χ0v) is 15.6. The molecule has 2 aliphatic rings. The van der Waals surface area contributed by atoms with Gasteiger partial charge in [0.05, 0.1) is 11.5 Å². The first-order valence-electron chi connectivity index (χ1n) is 9.16. The van der Waals surface area contributed by atoms with E-state index in [1.807, 2.05) is 18.2 Å².